The van der Waals surface area contributed by atoms with Gasteiger partial charge in [-0.25, -0.2) is 9.48 Å². The van der Waals surface area contributed by atoms with Gasteiger partial charge in [0.15, 0.2) is 0 Å². The first-order valence-corrected chi connectivity index (χ1v) is 8.59. The van der Waals surface area contributed by atoms with Crippen LogP contribution in [0.2, 0.25) is 0 Å². The maximum Gasteiger partial charge on any atom is 0.335 e. The molecule has 0 aliphatic heterocycles. The molecule has 3 rings (SSSR count). The highest BCUT2D eigenvalue weighted by Crippen LogP contribution is 2.22. The molecule has 2 N–H and O–H groups in total. The number of hydrogen-bond donors (Lipinski definition) is 2. The number of aromatic carboxylic acids is 1. The average Bonchev–Trinajstić information content (AvgIpc) is 2.68. The minimum absolute atomic E-state index is 0.0627. The van der Waals surface area contributed by atoms with E-state index in [1.807, 2.05) is 31.2 Å². The van der Waals surface area contributed by atoms with E-state index < -0.39 is 5.97 Å². The molecule has 0 radical (unpaired) electrons. The van der Waals surface area contributed by atoms with E-state index >= 15 is 0 Å². The van der Waals surface area contributed by atoms with Crippen LogP contribution in [0.3, 0.4) is 0 Å². The minimum atomic E-state index is -0.978. The Morgan fingerprint density at radius 3 is 2.63 bits per heavy atom. The van der Waals surface area contributed by atoms with Crippen molar-refractivity contribution in [3.63, 3.8) is 0 Å². The Labute approximate surface area is 156 Å². The van der Waals surface area contributed by atoms with E-state index in [1.165, 1.54) is 16.8 Å². The van der Waals surface area contributed by atoms with Gasteiger partial charge in [0.1, 0.15) is 0 Å². The van der Waals surface area contributed by atoms with Crippen molar-refractivity contribution < 1.29 is 15.0 Å². The van der Waals surface area contributed by atoms with Crippen molar-refractivity contribution in [2.45, 2.75) is 26.5 Å². The fourth-order valence-corrected chi connectivity index (χ4v) is 2.89. The number of hydrogen-bond acceptors (Lipinski definition) is 4. The number of aryl methyl sites for hydroxylation is 3. The summed E-state index contributed by atoms with van der Waals surface area (Å²) in [5, 5.41) is 22.9. The summed E-state index contributed by atoms with van der Waals surface area (Å²) >= 11 is 0. The van der Waals surface area contributed by atoms with Crippen LogP contribution in [-0.4, -0.2) is 26.0 Å². The number of aliphatic hydroxyl groups excluding tert-OH is 1. The molecule has 0 unspecified atom stereocenters. The van der Waals surface area contributed by atoms with Crippen LogP contribution in [0.5, 0.6) is 0 Å². The van der Waals surface area contributed by atoms with Gasteiger partial charge in [0.2, 0.25) is 0 Å². The van der Waals surface area contributed by atoms with Crippen LogP contribution < -0.4 is 5.56 Å². The van der Waals surface area contributed by atoms with Gasteiger partial charge < -0.3 is 10.2 Å². The van der Waals surface area contributed by atoms with Crippen molar-refractivity contribution in [1.82, 2.24) is 9.78 Å². The molecule has 0 aliphatic rings. The zero-order valence-electron chi connectivity index (χ0n) is 14.9. The smallest absolute Gasteiger partial charge is 0.335 e. The average molecular weight is 364 g/mol. The van der Waals surface area contributed by atoms with E-state index in [0.29, 0.717) is 18.7 Å². The number of aromatic nitrogens is 2. The fourth-order valence-electron chi connectivity index (χ4n) is 2.89. The second-order valence-corrected chi connectivity index (χ2v) is 6.34. The van der Waals surface area contributed by atoms with Gasteiger partial charge in [-0.2, -0.15) is 5.10 Å². The number of carbonyl (C=O) groups is 1. The van der Waals surface area contributed by atoms with Gasteiger partial charge in [-0.3, -0.25) is 4.79 Å². The summed E-state index contributed by atoms with van der Waals surface area (Å²) in [5.74, 6) is -0.978. The highest BCUT2D eigenvalue weighted by molar-refractivity contribution is 5.87. The molecule has 0 bridgehead atoms. The first-order chi connectivity index (χ1) is 13.0. The van der Waals surface area contributed by atoms with Gasteiger partial charge in [-0.05, 0) is 54.3 Å². The van der Waals surface area contributed by atoms with E-state index in [4.69, 9.17) is 5.11 Å². The van der Waals surface area contributed by atoms with Crippen LogP contribution in [0, 0.1) is 6.92 Å². The number of benzene rings is 2. The number of carboxylic acid groups (broad SMARTS) is 1. The van der Waals surface area contributed by atoms with Crippen molar-refractivity contribution in [1.29, 1.82) is 0 Å². The molecule has 0 spiro atoms. The molecule has 2 aromatic carbocycles. The van der Waals surface area contributed by atoms with E-state index in [0.717, 1.165) is 22.3 Å². The Hall–Kier alpha value is -3.25. The molecule has 0 atom stereocenters. The summed E-state index contributed by atoms with van der Waals surface area (Å²) in [4.78, 5) is 23.3. The second-order valence-electron chi connectivity index (χ2n) is 6.34. The summed E-state index contributed by atoms with van der Waals surface area (Å²) in [7, 11) is 0. The van der Waals surface area contributed by atoms with Crippen molar-refractivity contribution in [2.24, 2.45) is 0 Å². The molecule has 138 valence electrons. The zero-order chi connectivity index (χ0) is 19.4. The predicted octanol–water partition coefficient (Wildman–Crippen LogP) is 2.65. The third-order valence-corrected chi connectivity index (χ3v) is 4.41. The molecule has 0 aliphatic carbocycles. The van der Waals surface area contributed by atoms with Gasteiger partial charge >= 0.3 is 5.97 Å². The molecule has 0 fully saturated rings. The van der Waals surface area contributed by atoms with Gasteiger partial charge in [-0.1, -0.05) is 24.3 Å². The molecular formula is C21H20N2O4. The predicted molar refractivity (Wildman–Crippen MR) is 102 cm³/mol. The van der Waals surface area contributed by atoms with Crippen LogP contribution in [-0.2, 0) is 19.6 Å². The topological polar surface area (TPSA) is 92.4 Å². The third kappa shape index (κ3) is 4.30. The van der Waals surface area contributed by atoms with Crippen LogP contribution >= 0.6 is 0 Å². The Kier molecular flexibility index (Phi) is 5.47. The third-order valence-electron chi connectivity index (χ3n) is 4.41. The normalized spacial score (nSPS) is 10.7. The van der Waals surface area contributed by atoms with Crippen LogP contribution in [0.1, 0.15) is 27.0 Å². The Bertz CT molecular complexity index is 1040. The zero-order valence-corrected chi connectivity index (χ0v) is 14.9. The Morgan fingerprint density at radius 2 is 1.89 bits per heavy atom. The number of aliphatic hydroxyl groups is 1. The van der Waals surface area contributed by atoms with Crippen molar-refractivity contribution in [3.8, 4) is 11.3 Å². The number of rotatable bonds is 6. The number of carboxylic acids is 1. The van der Waals surface area contributed by atoms with E-state index in [9.17, 15) is 14.7 Å². The molecule has 1 heterocycles. The summed E-state index contributed by atoms with van der Waals surface area (Å²) in [6.45, 7) is 2.23. The van der Waals surface area contributed by atoms with Gasteiger partial charge in [0.05, 0.1) is 17.9 Å². The molecule has 6 heteroatoms. The van der Waals surface area contributed by atoms with Gasteiger partial charge in [-0.15, -0.1) is 0 Å². The molecular weight excluding hydrogens is 344 g/mol. The van der Waals surface area contributed by atoms with E-state index in [2.05, 4.69) is 5.10 Å². The second kappa shape index (κ2) is 7.97. The van der Waals surface area contributed by atoms with Crippen LogP contribution in [0.15, 0.2) is 59.4 Å². The molecule has 0 amide bonds. The van der Waals surface area contributed by atoms with E-state index in [-0.39, 0.29) is 17.7 Å². The summed E-state index contributed by atoms with van der Waals surface area (Å²) < 4.78 is 1.38. The highest BCUT2D eigenvalue weighted by Gasteiger charge is 2.09. The molecule has 27 heavy (non-hydrogen) atoms. The minimum Gasteiger partial charge on any atom is -0.478 e. The summed E-state index contributed by atoms with van der Waals surface area (Å²) in [6, 6.07) is 15.4. The number of nitrogens with zero attached hydrogens (tertiary/aromatic N) is 2. The lowest BCUT2D eigenvalue weighted by molar-refractivity contribution is 0.0696. The summed E-state index contributed by atoms with van der Waals surface area (Å²) in [6.07, 6.45) is 0.493. The SMILES string of the molecule is Cc1ccc(CO)cc1-c1ccc(=O)n(CCc2cccc(C(=O)O)c2)n1. The quantitative estimate of drug-likeness (QED) is 0.701. The van der Waals surface area contributed by atoms with Crippen molar-refractivity contribution in [2.75, 3.05) is 0 Å². The lowest BCUT2D eigenvalue weighted by Crippen LogP contribution is -2.23. The van der Waals surface area contributed by atoms with Crippen molar-refractivity contribution in [3.05, 3.63) is 87.2 Å². The fraction of sp³-hybridized carbons (Fsp3) is 0.190. The largest absolute Gasteiger partial charge is 0.478 e. The lowest BCUT2D eigenvalue weighted by Gasteiger charge is -2.10. The van der Waals surface area contributed by atoms with Gasteiger partial charge in [0, 0.05) is 18.2 Å². The maximum atomic E-state index is 12.2. The first kappa shape index (κ1) is 18.5. The Balaban J connectivity index is 1.87. The van der Waals surface area contributed by atoms with E-state index in [1.54, 1.807) is 18.2 Å². The molecule has 1 aromatic heterocycles. The molecule has 3 aromatic rings. The first-order valence-electron chi connectivity index (χ1n) is 8.59. The molecule has 6 nitrogen and oxygen atoms in total. The Morgan fingerprint density at radius 1 is 1.07 bits per heavy atom. The standard InChI is InChI=1S/C21H20N2O4/c1-14-5-6-16(13-24)12-18(14)19-7-8-20(25)23(22-19)10-9-15-3-2-4-17(11-15)21(26)27/h2-8,11-12,24H,9-10,13H2,1H3,(H,26,27). The van der Waals surface area contributed by atoms with Crippen LogP contribution in [0.25, 0.3) is 11.3 Å². The van der Waals surface area contributed by atoms with Gasteiger partial charge in [0.25, 0.3) is 5.56 Å². The van der Waals surface area contributed by atoms with Crippen molar-refractivity contribution >= 4 is 5.97 Å². The van der Waals surface area contributed by atoms with Crippen LogP contribution in [0.4, 0.5) is 0 Å². The highest BCUT2D eigenvalue weighted by atomic mass is 16.4. The maximum absolute atomic E-state index is 12.2. The molecule has 0 saturated heterocycles. The summed E-state index contributed by atoms with van der Waals surface area (Å²) in [5.41, 5.74) is 4.12. The lowest BCUT2D eigenvalue weighted by atomic mass is 10.0. The molecule has 0 saturated carbocycles. The monoisotopic (exact) mass is 364 g/mol.